The molecule has 0 amide bonds. The predicted octanol–water partition coefficient (Wildman–Crippen LogP) is 3.05. The Kier molecular flexibility index (Phi) is 3.12. The van der Waals surface area contributed by atoms with Crippen molar-refractivity contribution in [3.05, 3.63) is 38.9 Å². The second-order valence-electron chi connectivity index (χ2n) is 4.18. The highest BCUT2D eigenvalue weighted by molar-refractivity contribution is 6.30. The Labute approximate surface area is 98.5 Å². The largest absolute Gasteiger partial charge is 0.324 e. The molecular weight excluding hydrogens is 228 g/mol. The van der Waals surface area contributed by atoms with Gasteiger partial charge in [-0.05, 0) is 30.9 Å². The van der Waals surface area contributed by atoms with E-state index in [0.29, 0.717) is 16.5 Å². The van der Waals surface area contributed by atoms with Crippen molar-refractivity contribution in [2.45, 2.75) is 25.3 Å². The first kappa shape index (κ1) is 11.4. The second kappa shape index (κ2) is 4.39. The molecule has 1 aromatic carbocycles. The van der Waals surface area contributed by atoms with Gasteiger partial charge in [0.1, 0.15) is 0 Å². The fourth-order valence-corrected chi connectivity index (χ4v) is 2.19. The molecule has 0 heterocycles. The van der Waals surface area contributed by atoms with E-state index in [2.05, 4.69) is 0 Å². The smallest absolute Gasteiger partial charge is 0.274 e. The number of hydrogen-bond acceptors (Lipinski definition) is 3. The van der Waals surface area contributed by atoms with E-state index in [9.17, 15) is 10.1 Å². The van der Waals surface area contributed by atoms with Gasteiger partial charge in [-0.2, -0.15) is 0 Å². The number of rotatable bonds is 3. The number of nitrogens with two attached hydrogens (primary N) is 1. The molecule has 16 heavy (non-hydrogen) atoms. The monoisotopic (exact) mass is 240 g/mol. The Bertz CT molecular complexity index is 418. The molecule has 86 valence electrons. The summed E-state index contributed by atoms with van der Waals surface area (Å²) < 4.78 is 0. The van der Waals surface area contributed by atoms with Gasteiger partial charge >= 0.3 is 0 Å². The average molecular weight is 241 g/mol. The molecule has 0 saturated heterocycles. The van der Waals surface area contributed by atoms with Gasteiger partial charge in [0.2, 0.25) is 0 Å². The van der Waals surface area contributed by atoms with Gasteiger partial charge in [0, 0.05) is 22.7 Å². The van der Waals surface area contributed by atoms with Gasteiger partial charge in [0.05, 0.1) is 4.92 Å². The molecule has 2 rings (SSSR count). The van der Waals surface area contributed by atoms with Crippen LogP contribution in [0, 0.1) is 16.0 Å². The quantitative estimate of drug-likeness (QED) is 0.652. The van der Waals surface area contributed by atoms with Gasteiger partial charge in [-0.15, -0.1) is 0 Å². The maximum Gasteiger partial charge on any atom is 0.274 e. The van der Waals surface area contributed by atoms with Crippen molar-refractivity contribution in [2.24, 2.45) is 11.7 Å². The number of hydrogen-bond donors (Lipinski definition) is 1. The third kappa shape index (κ3) is 2.03. The van der Waals surface area contributed by atoms with Crippen LogP contribution in [-0.4, -0.2) is 4.92 Å². The zero-order chi connectivity index (χ0) is 11.7. The summed E-state index contributed by atoms with van der Waals surface area (Å²) in [5, 5.41) is 11.4. The molecule has 1 fully saturated rings. The summed E-state index contributed by atoms with van der Waals surface area (Å²) in [7, 11) is 0. The summed E-state index contributed by atoms with van der Waals surface area (Å²) in [6, 6.07) is 4.29. The second-order valence-corrected chi connectivity index (χ2v) is 4.61. The van der Waals surface area contributed by atoms with E-state index in [0.717, 1.165) is 19.3 Å². The van der Waals surface area contributed by atoms with Crippen LogP contribution >= 0.6 is 11.6 Å². The summed E-state index contributed by atoms with van der Waals surface area (Å²) >= 11 is 5.85. The highest BCUT2D eigenvalue weighted by atomic mass is 35.5. The third-order valence-corrected chi connectivity index (χ3v) is 3.44. The fraction of sp³-hybridized carbons (Fsp3) is 0.455. The van der Waals surface area contributed by atoms with Crippen LogP contribution in [0.5, 0.6) is 0 Å². The van der Waals surface area contributed by atoms with E-state index >= 15 is 0 Å². The first-order chi connectivity index (χ1) is 7.59. The lowest BCUT2D eigenvalue weighted by atomic mass is 9.77. The molecule has 0 unspecified atom stereocenters. The van der Waals surface area contributed by atoms with Crippen molar-refractivity contribution in [3.63, 3.8) is 0 Å². The Hall–Kier alpha value is -1.13. The van der Waals surface area contributed by atoms with Crippen molar-refractivity contribution in [2.75, 3.05) is 0 Å². The van der Waals surface area contributed by atoms with Crippen LogP contribution in [0.2, 0.25) is 5.02 Å². The lowest BCUT2D eigenvalue weighted by Crippen LogP contribution is -2.27. The van der Waals surface area contributed by atoms with Crippen LogP contribution in [0.4, 0.5) is 5.69 Å². The molecule has 4 nitrogen and oxygen atoms in total. The van der Waals surface area contributed by atoms with Crippen LogP contribution in [-0.2, 0) is 0 Å². The summed E-state index contributed by atoms with van der Waals surface area (Å²) in [6.45, 7) is 0. The molecule has 1 atom stereocenters. The van der Waals surface area contributed by atoms with Gasteiger partial charge in [0.25, 0.3) is 5.69 Å². The summed E-state index contributed by atoms with van der Waals surface area (Å²) in [6.07, 6.45) is 3.25. The van der Waals surface area contributed by atoms with Gasteiger partial charge in [-0.1, -0.05) is 18.0 Å². The molecule has 1 aliphatic rings. The standard InChI is InChI=1S/C11H13ClN2O2/c12-8-4-5-10(14(15)16)9(6-8)11(13)7-2-1-3-7/h4-7,11H,1-3,13H2/t11-/m0/s1. The molecule has 0 radical (unpaired) electrons. The van der Waals surface area contributed by atoms with Crippen molar-refractivity contribution < 1.29 is 4.92 Å². The van der Waals surface area contributed by atoms with Crippen LogP contribution in [0.15, 0.2) is 18.2 Å². The van der Waals surface area contributed by atoms with E-state index in [-0.39, 0.29) is 11.7 Å². The van der Waals surface area contributed by atoms with E-state index in [1.807, 2.05) is 0 Å². The first-order valence-corrected chi connectivity index (χ1v) is 5.67. The molecule has 0 aromatic heterocycles. The van der Waals surface area contributed by atoms with Crippen molar-refractivity contribution in [1.29, 1.82) is 0 Å². The zero-order valence-electron chi connectivity index (χ0n) is 8.73. The lowest BCUT2D eigenvalue weighted by molar-refractivity contribution is -0.385. The summed E-state index contributed by atoms with van der Waals surface area (Å²) in [5.41, 5.74) is 6.68. The lowest BCUT2D eigenvalue weighted by Gasteiger charge is -2.31. The van der Waals surface area contributed by atoms with Crippen LogP contribution in [0.3, 0.4) is 0 Å². The first-order valence-electron chi connectivity index (χ1n) is 5.29. The Balaban J connectivity index is 2.36. The molecule has 0 spiro atoms. The Morgan fingerprint density at radius 1 is 1.50 bits per heavy atom. The predicted molar refractivity (Wildman–Crippen MR) is 62.4 cm³/mol. The molecule has 0 bridgehead atoms. The number of nitrogens with zero attached hydrogens (tertiary/aromatic N) is 1. The van der Waals surface area contributed by atoms with Gasteiger partial charge in [-0.3, -0.25) is 10.1 Å². The van der Waals surface area contributed by atoms with E-state index in [1.54, 1.807) is 6.07 Å². The van der Waals surface area contributed by atoms with Crippen molar-refractivity contribution in [1.82, 2.24) is 0 Å². The number of halogens is 1. The highest BCUT2D eigenvalue weighted by Crippen LogP contribution is 2.39. The molecule has 2 N–H and O–H groups in total. The minimum absolute atomic E-state index is 0.0730. The SMILES string of the molecule is N[C@H](c1cc(Cl)ccc1[N+](=O)[O-])C1CCC1. The average Bonchev–Trinajstić information content (AvgIpc) is 2.14. The topological polar surface area (TPSA) is 69.2 Å². The zero-order valence-corrected chi connectivity index (χ0v) is 9.48. The van der Waals surface area contributed by atoms with Crippen molar-refractivity contribution in [3.8, 4) is 0 Å². The molecule has 1 aromatic rings. The van der Waals surface area contributed by atoms with Crippen LogP contribution in [0.25, 0.3) is 0 Å². The maximum absolute atomic E-state index is 10.9. The van der Waals surface area contributed by atoms with E-state index in [1.165, 1.54) is 12.1 Å². The van der Waals surface area contributed by atoms with E-state index < -0.39 is 4.92 Å². The molecular formula is C11H13ClN2O2. The van der Waals surface area contributed by atoms with Crippen LogP contribution < -0.4 is 5.73 Å². The molecule has 1 aliphatic carbocycles. The Morgan fingerprint density at radius 2 is 2.19 bits per heavy atom. The van der Waals surface area contributed by atoms with E-state index in [4.69, 9.17) is 17.3 Å². The fourth-order valence-electron chi connectivity index (χ4n) is 2.01. The highest BCUT2D eigenvalue weighted by Gasteiger charge is 2.30. The number of nitro groups is 1. The number of benzene rings is 1. The van der Waals surface area contributed by atoms with Crippen molar-refractivity contribution >= 4 is 17.3 Å². The third-order valence-electron chi connectivity index (χ3n) is 3.20. The maximum atomic E-state index is 10.9. The van der Waals surface area contributed by atoms with Gasteiger partial charge in [-0.25, -0.2) is 0 Å². The molecule has 0 aliphatic heterocycles. The Morgan fingerprint density at radius 3 is 2.69 bits per heavy atom. The minimum Gasteiger partial charge on any atom is -0.324 e. The summed E-state index contributed by atoms with van der Waals surface area (Å²) in [5.74, 6) is 0.358. The minimum atomic E-state index is -0.399. The number of nitro benzene ring substituents is 1. The van der Waals surface area contributed by atoms with Crippen LogP contribution in [0.1, 0.15) is 30.9 Å². The van der Waals surface area contributed by atoms with Gasteiger partial charge in [0.15, 0.2) is 0 Å². The normalized spacial score (nSPS) is 17.9. The van der Waals surface area contributed by atoms with Gasteiger partial charge < -0.3 is 5.73 Å². The molecule has 1 saturated carbocycles. The molecule has 5 heteroatoms. The summed E-state index contributed by atoms with van der Waals surface area (Å²) in [4.78, 5) is 10.5.